The number of nitrogens with zero attached hydrogens (tertiary/aromatic N) is 3. The number of hydrogen-bond donors (Lipinski definition) is 2. The van der Waals surface area contributed by atoms with E-state index in [2.05, 4.69) is 20.5 Å². The van der Waals surface area contributed by atoms with Gasteiger partial charge in [-0.1, -0.05) is 0 Å². The summed E-state index contributed by atoms with van der Waals surface area (Å²) in [6.45, 7) is 3.03. The van der Waals surface area contributed by atoms with Gasteiger partial charge < -0.3 is 14.8 Å². The van der Waals surface area contributed by atoms with Gasteiger partial charge in [0.25, 0.3) is 5.91 Å². The first-order valence-corrected chi connectivity index (χ1v) is 11.4. The lowest BCUT2D eigenvalue weighted by Crippen LogP contribution is -2.40. The minimum atomic E-state index is -3.75. The number of hydrogen-bond acceptors (Lipinski definition) is 7. The standard InChI is InChI=1S/C21H23N5O5S/c1-14-22-20(25-24-14)15-3-5-16(6-4-15)23-21(27)18-13-17(7-8-19(18)30-2)32(28,29)26-9-11-31-12-10-26/h3-8,13H,9-12H2,1-2H3,(H,23,27)(H,22,24,25). The maximum atomic E-state index is 13.0. The smallest absolute Gasteiger partial charge is 0.259 e. The third-order valence-electron chi connectivity index (χ3n) is 5.02. The van der Waals surface area contributed by atoms with Gasteiger partial charge in [-0.3, -0.25) is 9.89 Å². The van der Waals surface area contributed by atoms with Gasteiger partial charge in [0.1, 0.15) is 11.6 Å². The first-order valence-electron chi connectivity index (χ1n) is 9.95. The zero-order chi connectivity index (χ0) is 22.7. The quantitative estimate of drug-likeness (QED) is 0.580. The van der Waals surface area contributed by atoms with Crippen LogP contribution in [-0.2, 0) is 14.8 Å². The summed E-state index contributed by atoms with van der Waals surface area (Å²) >= 11 is 0. The average molecular weight is 458 g/mol. The summed E-state index contributed by atoms with van der Waals surface area (Å²) in [6, 6.07) is 11.3. The Balaban J connectivity index is 1.56. The molecule has 0 atom stereocenters. The van der Waals surface area contributed by atoms with E-state index in [0.29, 0.717) is 30.5 Å². The molecule has 11 heteroatoms. The molecule has 1 amide bonds. The number of anilines is 1. The maximum absolute atomic E-state index is 13.0. The number of benzene rings is 2. The highest BCUT2D eigenvalue weighted by Gasteiger charge is 2.28. The van der Waals surface area contributed by atoms with E-state index in [1.807, 2.05) is 6.92 Å². The molecule has 0 unspecified atom stereocenters. The molecule has 1 fully saturated rings. The Morgan fingerprint density at radius 2 is 1.88 bits per heavy atom. The summed E-state index contributed by atoms with van der Waals surface area (Å²) in [6.07, 6.45) is 0. The molecule has 2 N–H and O–H groups in total. The first-order chi connectivity index (χ1) is 15.4. The molecule has 1 aliphatic rings. The van der Waals surface area contributed by atoms with Crippen molar-refractivity contribution in [2.45, 2.75) is 11.8 Å². The molecule has 0 spiro atoms. The number of methoxy groups -OCH3 is 1. The fourth-order valence-corrected chi connectivity index (χ4v) is 4.77. The van der Waals surface area contributed by atoms with Crippen LogP contribution in [0.5, 0.6) is 5.75 Å². The Kier molecular flexibility index (Phi) is 6.21. The zero-order valence-corrected chi connectivity index (χ0v) is 18.5. The molecule has 0 aliphatic carbocycles. The van der Waals surface area contributed by atoms with Gasteiger partial charge in [0.15, 0.2) is 5.82 Å². The van der Waals surface area contributed by atoms with Crippen molar-refractivity contribution in [2.24, 2.45) is 0 Å². The number of nitrogens with one attached hydrogen (secondary N) is 2. The van der Waals surface area contributed by atoms with Gasteiger partial charge in [-0.25, -0.2) is 13.4 Å². The van der Waals surface area contributed by atoms with Crippen molar-refractivity contribution in [3.8, 4) is 17.1 Å². The van der Waals surface area contributed by atoms with Crippen LogP contribution in [0.3, 0.4) is 0 Å². The second kappa shape index (κ2) is 9.07. The minimum Gasteiger partial charge on any atom is -0.496 e. The van der Waals surface area contributed by atoms with Crippen molar-refractivity contribution in [2.75, 3.05) is 38.7 Å². The molecule has 0 saturated carbocycles. The SMILES string of the molecule is COc1ccc(S(=O)(=O)N2CCOCC2)cc1C(=O)Nc1ccc(-c2n[nH]c(C)n2)cc1. The number of morpholine rings is 1. The second-order valence-electron chi connectivity index (χ2n) is 7.15. The van der Waals surface area contributed by atoms with Crippen LogP contribution >= 0.6 is 0 Å². The molecule has 2 aromatic carbocycles. The fourth-order valence-electron chi connectivity index (χ4n) is 3.33. The van der Waals surface area contributed by atoms with Crippen molar-refractivity contribution < 1.29 is 22.7 Å². The lowest BCUT2D eigenvalue weighted by atomic mass is 10.1. The molecular weight excluding hydrogens is 434 g/mol. The molecule has 2 heterocycles. The Labute approximate surface area is 185 Å². The maximum Gasteiger partial charge on any atom is 0.259 e. The molecule has 32 heavy (non-hydrogen) atoms. The second-order valence-corrected chi connectivity index (χ2v) is 9.09. The Morgan fingerprint density at radius 1 is 1.16 bits per heavy atom. The van der Waals surface area contributed by atoms with Crippen molar-refractivity contribution >= 4 is 21.6 Å². The van der Waals surface area contributed by atoms with Crippen LogP contribution in [0.15, 0.2) is 47.4 Å². The molecule has 3 aromatic rings. The van der Waals surface area contributed by atoms with E-state index in [0.717, 1.165) is 5.56 Å². The summed E-state index contributed by atoms with van der Waals surface area (Å²) in [7, 11) is -2.32. The molecule has 0 bridgehead atoms. The highest BCUT2D eigenvalue weighted by atomic mass is 32.2. The highest BCUT2D eigenvalue weighted by Crippen LogP contribution is 2.26. The summed E-state index contributed by atoms with van der Waals surface area (Å²) in [4.78, 5) is 17.3. The number of ether oxygens (including phenoxy) is 2. The van der Waals surface area contributed by atoms with Gasteiger partial charge in [-0.05, 0) is 49.4 Å². The number of carbonyl (C=O) groups is 1. The van der Waals surface area contributed by atoms with Gasteiger partial charge in [0.2, 0.25) is 10.0 Å². The third-order valence-corrected chi connectivity index (χ3v) is 6.92. The number of sulfonamides is 1. The number of rotatable bonds is 6. The fraction of sp³-hybridized carbons (Fsp3) is 0.286. The lowest BCUT2D eigenvalue weighted by molar-refractivity contribution is 0.0730. The number of aromatic nitrogens is 3. The van der Waals surface area contributed by atoms with Crippen LogP contribution in [0.25, 0.3) is 11.4 Å². The van der Waals surface area contributed by atoms with Crippen LogP contribution in [0, 0.1) is 6.92 Å². The number of carbonyl (C=O) groups excluding carboxylic acids is 1. The number of amides is 1. The highest BCUT2D eigenvalue weighted by molar-refractivity contribution is 7.89. The molecular formula is C21H23N5O5S. The lowest BCUT2D eigenvalue weighted by Gasteiger charge is -2.26. The van der Waals surface area contributed by atoms with Crippen molar-refractivity contribution in [3.05, 3.63) is 53.9 Å². The molecule has 10 nitrogen and oxygen atoms in total. The molecule has 4 rings (SSSR count). The van der Waals surface area contributed by atoms with Crippen LogP contribution in [0.4, 0.5) is 5.69 Å². The van der Waals surface area contributed by atoms with Crippen LogP contribution in [-0.4, -0.2) is 67.2 Å². The third kappa shape index (κ3) is 4.49. The largest absolute Gasteiger partial charge is 0.496 e. The van der Waals surface area contributed by atoms with Crippen molar-refractivity contribution in [1.82, 2.24) is 19.5 Å². The van der Waals surface area contributed by atoms with Crippen molar-refractivity contribution in [3.63, 3.8) is 0 Å². The van der Waals surface area contributed by atoms with E-state index in [4.69, 9.17) is 9.47 Å². The summed E-state index contributed by atoms with van der Waals surface area (Å²) < 4.78 is 37.8. The Morgan fingerprint density at radius 3 is 2.50 bits per heavy atom. The molecule has 168 valence electrons. The van der Waals surface area contributed by atoms with E-state index in [9.17, 15) is 13.2 Å². The molecule has 1 aromatic heterocycles. The van der Waals surface area contributed by atoms with Gasteiger partial charge >= 0.3 is 0 Å². The van der Waals surface area contributed by atoms with Crippen LogP contribution in [0.1, 0.15) is 16.2 Å². The van der Waals surface area contributed by atoms with Gasteiger partial charge in [0.05, 0.1) is 30.8 Å². The number of aromatic amines is 1. The average Bonchev–Trinajstić information content (AvgIpc) is 3.26. The molecule has 0 radical (unpaired) electrons. The number of aryl methyl sites for hydroxylation is 1. The minimum absolute atomic E-state index is 0.0284. The van der Waals surface area contributed by atoms with Gasteiger partial charge in [-0.2, -0.15) is 9.40 Å². The topological polar surface area (TPSA) is 127 Å². The van der Waals surface area contributed by atoms with Gasteiger partial charge in [-0.15, -0.1) is 0 Å². The van der Waals surface area contributed by atoms with E-state index in [-0.39, 0.29) is 29.3 Å². The van der Waals surface area contributed by atoms with E-state index < -0.39 is 15.9 Å². The zero-order valence-electron chi connectivity index (χ0n) is 17.7. The number of H-pyrrole nitrogens is 1. The van der Waals surface area contributed by atoms with E-state index >= 15 is 0 Å². The molecule has 1 aliphatic heterocycles. The Bertz CT molecular complexity index is 1220. The van der Waals surface area contributed by atoms with Crippen LogP contribution < -0.4 is 10.1 Å². The van der Waals surface area contributed by atoms with Crippen LogP contribution in [0.2, 0.25) is 0 Å². The monoisotopic (exact) mass is 457 g/mol. The van der Waals surface area contributed by atoms with Gasteiger partial charge in [0, 0.05) is 24.3 Å². The summed E-state index contributed by atoms with van der Waals surface area (Å²) in [5, 5.41) is 9.67. The first kappa shape index (κ1) is 21.9. The Hall–Kier alpha value is -3.28. The molecule has 1 saturated heterocycles. The normalized spacial score (nSPS) is 14.8. The summed E-state index contributed by atoms with van der Waals surface area (Å²) in [5.41, 5.74) is 1.45. The van der Waals surface area contributed by atoms with Crippen molar-refractivity contribution in [1.29, 1.82) is 0 Å². The van der Waals surface area contributed by atoms with E-state index in [1.165, 1.54) is 29.6 Å². The predicted octanol–water partition coefficient (Wildman–Crippen LogP) is 2.06. The predicted molar refractivity (Wildman–Crippen MR) is 117 cm³/mol. The summed E-state index contributed by atoms with van der Waals surface area (Å²) in [5.74, 6) is 1.05. The van der Waals surface area contributed by atoms with E-state index in [1.54, 1.807) is 24.3 Å².